The first-order valence-electron chi connectivity index (χ1n) is 8.37. The number of halogens is 2. The predicted molar refractivity (Wildman–Crippen MR) is 99.9 cm³/mol. The molecule has 0 amide bonds. The third-order valence-corrected chi connectivity index (χ3v) is 4.86. The minimum atomic E-state index is -0.845. The molecule has 1 fully saturated rings. The van der Waals surface area contributed by atoms with Crippen molar-refractivity contribution < 1.29 is 23.4 Å². The maximum absolute atomic E-state index is 14.1. The van der Waals surface area contributed by atoms with E-state index in [1.807, 2.05) is 11.0 Å². The number of aromatic nitrogens is 2. The fraction of sp³-hybridized carbons (Fsp3) is 0.389. The quantitative estimate of drug-likeness (QED) is 0.522. The average molecular weight is 440 g/mol. The Balaban J connectivity index is 1.63. The van der Waals surface area contributed by atoms with Crippen molar-refractivity contribution in [2.24, 2.45) is 0 Å². The fourth-order valence-corrected chi connectivity index (χ4v) is 3.44. The van der Waals surface area contributed by atoms with Crippen LogP contribution in [0.3, 0.4) is 0 Å². The van der Waals surface area contributed by atoms with Crippen molar-refractivity contribution in [2.45, 2.75) is 18.9 Å². The predicted octanol–water partition coefficient (Wildman–Crippen LogP) is 3.22. The van der Waals surface area contributed by atoms with Gasteiger partial charge in [-0.05, 0) is 28.1 Å². The highest BCUT2D eigenvalue weighted by molar-refractivity contribution is 9.10. The minimum Gasteiger partial charge on any atom is -0.489 e. The zero-order valence-electron chi connectivity index (χ0n) is 14.9. The van der Waals surface area contributed by atoms with Crippen LogP contribution in [-0.2, 0) is 4.74 Å². The maximum atomic E-state index is 14.1. The first-order valence-corrected chi connectivity index (χ1v) is 9.17. The Morgan fingerprint density at radius 3 is 2.63 bits per heavy atom. The van der Waals surface area contributed by atoms with Gasteiger partial charge in [-0.2, -0.15) is 4.39 Å². The Morgan fingerprint density at radius 1 is 1.30 bits per heavy atom. The standard InChI is InChI=1S/C18H19BrFN3O4/c1-25-15-4-3-12(10-21-15)27-11-5-7-23(8-6-11)17-14(19)9-13(16(20)22-17)18(24)26-2/h3-4,9-11H,5-8H2,1-2H3. The summed E-state index contributed by atoms with van der Waals surface area (Å²) in [4.78, 5) is 21.6. The number of rotatable bonds is 5. The lowest BCUT2D eigenvalue weighted by Gasteiger charge is -2.33. The number of carbonyl (C=O) groups is 1. The van der Waals surface area contributed by atoms with Gasteiger partial charge >= 0.3 is 5.97 Å². The highest BCUT2D eigenvalue weighted by Crippen LogP contribution is 2.30. The number of hydrogen-bond donors (Lipinski definition) is 0. The molecule has 0 spiro atoms. The molecule has 0 bridgehead atoms. The molecule has 7 nitrogen and oxygen atoms in total. The van der Waals surface area contributed by atoms with Gasteiger partial charge in [0, 0.05) is 32.0 Å². The van der Waals surface area contributed by atoms with Gasteiger partial charge in [-0.25, -0.2) is 14.8 Å². The molecule has 0 saturated carbocycles. The molecule has 2 aromatic heterocycles. The van der Waals surface area contributed by atoms with E-state index in [4.69, 9.17) is 9.47 Å². The Labute approximate surface area is 164 Å². The van der Waals surface area contributed by atoms with Gasteiger partial charge in [-0.3, -0.25) is 0 Å². The Kier molecular flexibility index (Phi) is 6.10. The van der Waals surface area contributed by atoms with E-state index in [0.29, 0.717) is 35.0 Å². The molecule has 0 aliphatic carbocycles. The number of hydrogen-bond acceptors (Lipinski definition) is 7. The summed E-state index contributed by atoms with van der Waals surface area (Å²) in [5, 5.41) is 0. The molecule has 1 saturated heterocycles. The van der Waals surface area contributed by atoms with Crippen LogP contribution in [0.5, 0.6) is 11.6 Å². The molecule has 1 aliphatic heterocycles. The van der Waals surface area contributed by atoms with Gasteiger partial charge < -0.3 is 19.1 Å². The van der Waals surface area contributed by atoms with Crippen LogP contribution in [0, 0.1) is 5.95 Å². The number of carbonyl (C=O) groups excluding carboxylic acids is 1. The number of pyridine rings is 2. The molecule has 1 aliphatic rings. The molecule has 27 heavy (non-hydrogen) atoms. The number of anilines is 1. The largest absolute Gasteiger partial charge is 0.489 e. The smallest absolute Gasteiger partial charge is 0.342 e. The van der Waals surface area contributed by atoms with E-state index in [2.05, 4.69) is 30.6 Å². The molecular formula is C18H19BrFN3O4. The number of piperidine rings is 1. The van der Waals surface area contributed by atoms with Crippen molar-refractivity contribution in [3.05, 3.63) is 40.4 Å². The first kappa shape index (κ1) is 19.3. The lowest BCUT2D eigenvalue weighted by atomic mass is 10.1. The number of nitrogens with zero attached hydrogens (tertiary/aromatic N) is 3. The van der Waals surface area contributed by atoms with E-state index in [1.54, 1.807) is 19.4 Å². The van der Waals surface area contributed by atoms with Crippen molar-refractivity contribution in [2.75, 3.05) is 32.2 Å². The van der Waals surface area contributed by atoms with E-state index >= 15 is 0 Å². The normalized spacial score (nSPS) is 14.7. The summed E-state index contributed by atoms with van der Waals surface area (Å²) in [7, 11) is 2.76. The number of ether oxygens (including phenoxy) is 3. The lowest BCUT2D eigenvalue weighted by molar-refractivity contribution is 0.0594. The summed E-state index contributed by atoms with van der Waals surface area (Å²) in [5.74, 6) is 0.0764. The summed E-state index contributed by atoms with van der Waals surface area (Å²) >= 11 is 3.37. The van der Waals surface area contributed by atoms with Crippen LogP contribution in [-0.4, -0.2) is 49.4 Å². The molecule has 2 aromatic rings. The van der Waals surface area contributed by atoms with Crippen LogP contribution in [0.25, 0.3) is 0 Å². The zero-order valence-corrected chi connectivity index (χ0v) is 16.5. The van der Waals surface area contributed by atoms with Gasteiger partial charge in [-0.15, -0.1) is 0 Å². The van der Waals surface area contributed by atoms with Gasteiger partial charge in [0.1, 0.15) is 23.2 Å². The van der Waals surface area contributed by atoms with Crippen molar-refractivity contribution in [3.8, 4) is 11.6 Å². The second-order valence-electron chi connectivity index (χ2n) is 5.96. The second-order valence-corrected chi connectivity index (χ2v) is 6.82. The van der Waals surface area contributed by atoms with E-state index < -0.39 is 11.9 Å². The van der Waals surface area contributed by atoms with E-state index in [1.165, 1.54) is 13.2 Å². The summed E-state index contributed by atoms with van der Waals surface area (Å²) in [6.07, 6.45) is 3.17. The van der Waals surface area contributed by atoms with Crippen LogP contribution in [0.1, 0.15) is 23.2 Å². The molecule has 0 unspecified atom stereocenters. The molecule has 9 heteroatoms. The molecule has 0 aromatic carbocycles. The molecule has 144 valence electrons. The van der Waals surface area contributed by atoms with E-state index in [0.717, 1.165) is 12.8 Å². The molecular weight excluding hydrogens is 421 g/mol. The number of esters is 1. The van der Waals surface area contributed by atoms with Crippen molar-refractivity contribution >= 4 is 27.7 Å². The molecule has 3 rings (SSSR count). The lowest BCUT2D eigenvalue weighted by Crippen LogP contribution is -2.39. The summed E-state index contributed by atoms with van der Waals surface area (Å²) in [6, 6.07) is 4.96. The molecule has 0 atom stereocenters. The van der Waals surface area contributed by atoms with Crippen molar-refractivity contribution in [3.63, 3.8) is 0 Å². The van der Waals surface area contributed by atoms with Gasteiger partial charge in [0.25, 0.3) is 0 Å². The topological polar surface area (TPSA) is 73.8 Å². The molecule has 3 heterocycles. The third-order valence-electron chi connectivity index (χ3n) is 4.28. The minimum absolute atomic E-state index is 0.0365. The maximum Gasteiger partial charge on any atom is 0.342 e. The van der Waals surface area contributed by atoms with Gasteiger partial charge in [0.15, 0.2) is 0 Å². The third kappa shape index (κ3) is 4.47. The van der Waals surface area contributed by atoms with E-state index in [-0.39, 0.29) is 11.7 Å². The van der Waals surface area contributed by atoms with Crippen LogP contribution in [0.2, 0.25) is 0 Å². The average Bonchev–Trinajstić information content (AvgIpc) is 2.70. The molecule has 0 radical (unpaired) electrons. The Morgan fingerprint density at radius 2 is 2.04 bits per heavy atom. The second kappa shape index (κ2) is 8.51. The number of methoxy groups -OCH3 is 2. The van der Waals surface area contributed by atoms with E-state index in [9.17, 15) is 9.18 Å². The summed E-state index contributed by atoms with van der Waals surface area (Å²) < 4.78 is 30.2. The SMILES string of the molecule is COC(=O)c1cc(Br)c(N2CCC(Oc3ccc(OC)nc3)CC2)nc1F. The van der Waals surface area contributed by atoms with Crippen LogP contribution in [0.4, 0.5) is 10.2 Å². The fourth-order valence-electron chi connectivity index (χ4n) is 2.87. The van der Waals surface area contributed by atoms with Gasteiger partial charge in [0.05, 0.1) is 24.9 Å². The first-order chi connectivity index (χ1) is 13.0. The van der Waals surface area contributed by atoms with Crippen LogP contribution < -0.4 is 14.4 Å². The Bertz CT molecular complexity index is 811. The van der Waals surface area contributed by atoms with Crippen molar-refractivity contribution in [1.82, 2.24) is 9.97 Å². The highest BCUT2D eigenvalue weighted by atomic mass is 79.9. The highest BCUT2D eigenvalue weighted by Gasteiger charge is 2.25. The monoisotopic (exact) mass is 439 g/mol. The van der Waals surface area contributed by atoms with Crippen LogP contribution in [0.15, 0.2) is 28.9 Å². The summed E-state index contributed by atoms with van der Waals surface area (Å²) in [6.45, 7) is 1.30. The van der Waals surface area contributed by atoms with Gasteiger partial charge in [-0.1, -0.05) is 0 Å². The zero-order chi connectivity index (χ0) is 19.4. The molecule has 0 N–H and O–H groups in total. The van der Waals surface area contributed by atoms with Gasteiger partial charge in [0.2, 0.25) is 11.8 Å². The Hall–Kier alpha value is -2.42. The summed E-state index contributed by atoms with van der Waals surface area (Å²) in [5.41, 5.74) is -0.196. The van der Waals surface area contributed by atoms with Crippen LogP contribution >= 0.6 is 15.9 Å². The van der Waals surface area contributed by atoms with Crippen molar-refractivity contribution in [1.29, 1.82) is 0 Å².